The average molecular weight is 604 g/mol. The summed E-state index contributed by atoms with van der Waals surface area (Å²) in [6.07, 6.45) is 21.7. The Balaban J connectivity index is 1.45. The first-order chi connectivity index (χ1) is 21.8. The molecule has 0 bridgehead atoms. The molecule has 0 amide bonds. The molecule has 226 valence electrons. The van der Waals surface area contributed by atoms with Crippen molar-refractivity contribution in [1.29, 1.82) is 0 Å². The van der Waals surface area contributed by atoms with Gasteiger partial charge in [-0.25, -0.2) is 23.5 Å². The van der Waals surface area contributed by atoms with Crippen LogP contribution in [0.15, 0.2) is 76.0 Å². The topological polar surface area (TPSA) is 79.5 Å². The summed E-state index contributed by atoms with van der Waals surface area (Å²) in [5, 5.41) is 11.7. The van der Waals surface area contributed by atoms with Crippen LogP contribution in [-0.2, 0) is 6.42 Å². The summed E-state index contributed by atoms with van der Waals surface area (Å²) < 4.78 is 35.4. The van der Waals surface area contributed by atoms with Crippen LogP contribution in [0.1, 0.15) is 48.3 Å². The number of phenolic OH excluding ortho intramolecular Hbond substituents is 1. The number of aryl methyl sites for hydroxylation is 2. The van der Waals surface area contributed by atoms with Crippen molar-refractivity contribution in [3.63, 3.8) is 0 Å². The van der Waals surface area contributed by atoms with Crippen molar-refractivity contribution in [3.05, 3.63) is 106 Å². The highest BCUT2D eigenvalue weighted by Gasteiger charge is 2.48. The van der Waals surface area contributed by atoms with Gasteiger partial charge in [0.2, 0.25) is 0 Å². The summed E-state index contributed by atoms with van der Waals surface area (Å²) in [6.45, 7) is 3.13. The highest BCUT2D eigenvalue weighted by molar-refractivity contribution is 6.03. The fourth-order valence-corrected chi connectivity index (χ4v) is 7.30. The second-order valence-electron chi connectivity index (χ2n) is 12.0. The van der Waals surface area contributed by atoms with Gasteiger partial charge in [-0.2, -0.15) is 0 Å². The number of benzene rings is 2. The minimum Gasteiger partial charge on any atom is -0.508 e. The van der Waals surface area contributed by atoms with E-state index in [2.05, 4.69) is 10.8 Å². The van der Waals surface area contributed by atoms with E-state index in [-0.39, 0.29) is 33.6 Å². The van der Waals surface area contributed by atoms with Crippen LogP contribution < -0.4 is 5.63 Å². The maximum atomic E-state index is 14.9. The van der Waals surface area contributed by atoms with Gasteiger partial charge in [0.05, 0.1) is 16.8 Å². The van der Waals surface area contributed by atoms with Crippen LogP contribution in [0.3, 0.4) is 0 Å². The van der Waals surface area contributed by atoms with Gasteiger partial charge in [0.1, 0.15) is 34.7 Å². The predicted octanol–water partition coefficient (Wildman–Crippen LogP) is 7.11. The van der Waals surface area contributed by atoms with E-state index in [0.717, 1.165) is 19.4 Å². The first-order valence-corrected chi connectivity index (χ1v) is 15.2. The fourth-order valence-electron chi connectivity index (χ4n) is 7.30. The number of allylic oxidation sites excluding steroid dienone is 8. The Morgan fingerprint density at radius 2 is 1.98 bits per heavy atom. The third-order valence-electron chi connectivity index (χ3n) is 9.33. The number of halogens is 2. The molecule has 6 nitrogen and oxygen atoms in total. The summed E-state index contributed by atoms with van der Waals surface area (Å²) >= 11 is 0. The molecule has 8 heteroatoms. The zero-order valence-corrected chi connectivity index (χ0v) is 24.8. The van der Waals surface area contributed by atoms with E-state index >= 15 is 0 Å². The largest absolute Gasteiger partial charge is 0.508 e. The Labute approximate surface area is 259 Å². The van der Waals surface area contributed by atoms with E-state index in [4.69, 9.17) is 20.8 Å². The van der Waals surface area contributed by atoms with E-state index in [1.54, 1.807) is 6.92 Å². The van der Waals surface area contributed by atoms with Crippen LogP contribution in [0.2, 0.25) is 0 Å². The summed E-state index contributed by atoms with van der Waals surface area (Å²) in [7, 11) is 0. The lowest BCUT2D eigenvalue weighted by atomic mass is 9.88. The molecule has 0 saturated carbocycles. The summed E-state index contributed by atoms with van der Waals surface area (Å²) in [5.41, 5.74) is 1.45. The van der Waals surface area contributed by atoms with Gasteiger partial charge < -0.3 is 9.52 Å². The van der Waals surface area contributed by atoms with E-state index in [1.165, 1.54) is 24.3 Å². The van der Waals surface area contributed by atoms with Crippen molar-refractivity contribution in [1.82, 2.24) is 14.9 Å². The molecule has 2 aromatic carbocycles. The molecule has 3 aliphatic rings. The van der Waals surface area contributed by atoms with Crippen molar-refractivity contribution in [2.45, 2.75) is 50.7 Å². The van der Waals surface area contributed by atoms with Gasteiger partial charge in [-0.1, -0.05) is 54.5 Å². The molecule has 45 heavy (non-hydrogen) atoms. The van der Waals surface area contributed by atoms with Crippen molar-refractivity contribution in [2.24, 2.45) is 0 Å². The number of nitrogens with zero attached hydrogens (tertiary/aromatic N) is 3. The molecule has 4 heterocycles. The van der Waals surface area contributed by atoms with Crippen molar-refractivity contribution >= 4 is 27.2 Å². The fraction of sp³-hybridized carbons (Fsp3) is 0.270. The molecule has 1 aliphatic carbocycles. The SMILES string of the molecule is C#Cc1c(F)ccc2cc(O)cc(-c3oc(=O)c4c(C5=C/C=C\C=C/C=C\5)nc(CCC56CCCN5C[C@H](F)C6)nc4c3C)c12. The third-order valence-corrected chi connectivity index (χ3v) is 9.33. The van der Waals surface area contributed by atoms with E-state index in [0.29, 0.717) is 64.8 Å². The molecule has 4 aromatic rings. The van der Waals surface area contributed by atoms with E-state index in [1.807, 2.05) is 42.5 Å². The number of aromatic nitrogens is 2. The Morgan fingerprint density at radius 1 is 1.16 bits per heavy atom. The maximum absolute atomic E-state index is 14.9. The highest BCUT2D eigenvalue weighted by atomic mass is 19.1. The quantitative estimate of drug-likeness (QED) is 0.245. The molecule has 0 radical (unpaired) electrons. The van der Waals surface area contributed by atoms with Crippen LogP contribution in [0, 0.1) is 25.1 Å². The van der Waals surface area contributed by atoms with Crippen LogP contribution in [0.25, 0.3) is 38.6 Å². The van der Waals surface area contributed by atoms with Gasteiger partial charge >= 0.3 is 5.63 Å². The number of hydrogen-bond acceptors (Lipinski definition) is 6. The Bertz CT molecular complexity index is 2100. The van der Waals surface area contributed by atoms with Crippen LogP contribution in [0.4, 0.5) is 8.78 Å². The normalized spacial score (nSPS) is 24.5. The molecule has 1 unspecified atom stereocenters. The lowest BCUT2D eigenvalue weighted by Crippen LogP contribution is -2.38. The molecular formula is C37H31F2N3O3. The Kier molecular flexibility index (Phi) is 7.22. The molecule has 2 aromatic heterocycles. The zero-order valence-electron chi connectivity index (χ0n) is 24.8. The van der Waals surface area contributed by atoms with Gasteiger partial charge in [-0.05, 0) is 62.7 Å². The van der Waals surface area contributed by atoms with Gasteiger partial charge in [0.25, 0.3) is 0 Å². The van der Waals surface area contributed by atoms with Gasteiger partial charge in [0, 0.05) is 40.6 Å². The molecule has 2 atom stereocenters. The van der Waals surface area contributed by atoms with Crippen molar-refractivity contribution in [2.75, 3.05) is 13.1 Å². The van der Waals surface area contributed by atoms with Gasteiger partial charge in [0.15, 0.2) is 0 Å². The summed E-state index contributed by atoms with van der Waals surface area (Å²) in [5.74, 6) is 2.39. The molecule has 2 fully saturated rings. The third kappa shape index (κ3) is 4.98. The van der Waals surface area contributed by atoms with E-state index < -0.39 is 17.6 Å². The number of hydrogen-bond donors (Lipinski definition) is 1. The van der Waals surface area contributed by atoms with E-state index in [9.17, 15) is 18.7 Å². The minimum atomic E-state index is -0.840. The smallest absolute Gasteiger partial charge is 0.348 e. The molecule has 0 spiro atoms. The molecule has 2 aliphatic heterocycles. The number of fused-ring (bicyclic) bond motifs is 3. The summed E-state index contributed by atoms with van der Waals surface area (Å²) in [4.78, 5) is 26.0. The number of aromatic hydroxyl groups is 1. The molecule has 2 saturated heterocycles. The standard InChI is InChI=1S/C37H31F2N3O3/c1-3-27-29(39)13-12-24-18-26(43)19-28(31(24)27)35-22(2)33-32(36(44)45-35)34(23-10-7-5-4-6-8-11-23)41-30(40-33)14-16-37-15-9-17-42(37)21-25(38)20-37/h1,4-8,10-13,18-19,25,43H,9,14-17,20-21H2,2H3/b5-4-,6-4?,7-5?,8-6-,10-7-,11-8?,23-10?,23-11+/t25-,37?/m1/s1. The first kappa shape index (κ1) is 28.9. The zero-order chi connectivity index (χ0) is 31.3. The molecule has 7 rings (SSSR count). The maximum Gasteiger partial charge on any atom is 0.348 e. The summed E-state index contributed by atoms with van der Waals surface area (Å²) in [6, 6.07) is 5.67. The lowest BCUT2D eigenvalue weighted by molar-refractivity contribution is 0.181. The molecule has 1 N–H and O–H groups in total. The number of rotatable bonds is 5. The minimum absolute atomic E-state index is 0.00136. The Hall–Kier alpha value is -4.87. The van der Waals surface area contributed by atoms with Crippen LogP contribution >= 0.6 is 0 Å². The van der Waals surface area contributed by atoms with Crippen LogP contribution in [0.5, 0.6) is 5.75 Å². The second-order valence-corrected chi connectivity index (χ2v) is 12.0. The van der Waals surface area contributed by atoms with Crippen molar-refractivity contribution < 1.29 is 18.3 Å². The molecular weight excluding hydrogens is 572 g/mol. The first-order valence-electron chi connectivity index (χ1n) is 15.2. The van der Waals surface area contributed by atoms with Crippen LogP contribution in [-0.4, -0.2) is 44.8 Å². The van der Waals surface area contributed by atoms with Gasteiger partial charge in [-0.15, -0.1) is 6.42 Å². The second kappa shape index (κ2) is 11.2. The number of terminal acetylenes is 1. The van der Waals surface area contributed by atoms with Crippen molar-refractivity contribution in [3.8, 4) is 29.4 Å². The van der Waals surface area contributed by atoms with Gasteiger partial charge in [-0.3, -0.25) is 4.90 Å². The number of phenols is 1. The monoisotopic (exact) mass is 603 g/mol. The lowest BCUT2D eigenvalue weighted by Gasteiger charge is -2.31. The average Bonchev–Trinajstić information content (AvgIpc) is 3.53. The number of alkyl halides is 1. The predicted molar refractivity (Wildman–Crippen MR) is 172 cm³/mol. The highest BCUT2D eigenvalue weighted by Crippen LogP contribution is 2.43. The Morgan fingerprint density at radius 3 is 2.82 bits per heavy atom.